The van der Waals surface area contributed by atoms with E-state index in [1.807, 2.05) is 0 Å². The van der Waals surface area contributed by atoms with Gasteiger partial charge in [0, 0.05) is 8.04 Å². The summed E-state index contributed by atoms with van der Waals surface area (Å²) in [5.41, 5.74) is 8.57. The maximum absolute atomic E-state index is 5.81. The third-order valence-electron chi connectivity index (χ3n) is 4.14. The van der Waals surface area contributed by atoms with E-state index in [9.17, 15) is 0 Å². The number of fused-ring (bicyclic) bond motifs is 1. The van der Waals surface area contributed by atoms with E-state index in [1.54, 1.807) is 0 Å². The third kappa shape index (κ3) is 3.50. The third-order valence-corrected chi connectivity index (χ3v) is 5.53. The lowest BCUT2D eigenvalue weighted by Gasteiger charge is -2.19. The molecule has 0 fully saturated rings. The highest BCUT2D eigenvalue weighted by Gasteiger charge is 2.16. The van der Waals surface area contributed by atoms with Crippen LogP contribution in [0, 0.1) is 3.57 Å². The van der Waals surface area contributed by atoms with Crippen molar-refractivity contribution >= 4 is 38.5 Å². The van der Waals surface area contributed by atoms with Gasteiger partial charge in [-0.25, -0.2) is 0 Å². The number of hydrogen-bond donors (Lipinski definition) is 2. The Morgan fingerprint density at radius 3 is 2.76 bits per heavy atom. The maximum atomic E-state index is 5.81. The van der Waals surface area contributed by atoms with Gasteiger partial charge in [0.2, 0.25) is 0 Å². The normalized spacial score (nSPS) is 15.0. The van der Waals surface area contributed by atoms with Crippen molar-refractivity contribution in [1.29, 1.82) is 0 Å². The highest BCUT2D eigenvalue weighted by Crippen LogP contribution is 2.29. The van der Waals surface area contributed by atoms with Gasteiger partial charge in [0.25, 0.3) is 0 Å². The highest BCUT2D eigenvalue weighted by molar-refractivity contribution is 14.1. The minimum atomic E-state index is 0.119. The Balaban J connectivity index is 1.86. The van der Waals surface area contributed by atoms with Crippen LogP contribution in [0.3, 0.4) is 0 Å². The molecule has 0 heterocycles. The Labute approximate surface area is 147 Å². The summed E-state index contributed by atoms with van der Waals surface area (Å²) < 4.78 is 2.33. The van der Waals surface area contributed by atoms with Crippen molar-refractivity contribution in [1.82, 2.24) is 5.43 Å². The van der Waals surface area contributed by atoms with Crippen molar-refractivity contribution in [3.8, 4) is 0 Å². The van der Waals surface area contributed by atoms with Gasteiger partial charge in [0.05, 0.1) is 6.04 Å². The van der Waals surface area contributed by atoms with Gasteiger partial charge in [-0.15, -0.1) is 0 Å². The highest BCUT2D eigenvalue weighted by atomic mass is 127. The molecule has 110 valence electrons. The van der Waals surface area contributed by atoms with E-state index in [2.05, 4.69) is 80.3 Å². The first-order valence-corrected chi connectivity index (χ1v) is 9.06. The second-order valence-electron chi connectivity index (χ2n) is 5.55. The Morgan fingerprint density at radius 2 is 1.95 bits per heavy atom. The number of benzene rings is 2. The molecule has 3 N–H and O–H groups in total. The molecule has 0 aliphatic heterocycles. The molecule has 21 heavy (non-hydrogen) atoms. The zero-order valence-corrected chi connectivity index (χ0v) is 15.4. The smallest absolute Gasteiger partial charge is 0.0511 e. The SMILES string of the molecule is NNC(Cc1ccc2c(c1)CCC2)c1cc(I)ccc1Br. The van der Waals surface area contributed by atoms with Crippen LogP contribution in [0.15, 0.2) is 40.9 Å². The molecule has 2 nitrogen and oxygen atoms in total. The topological polar surface area (TPSA) is 38.0 Å². The predicted octanol–water partition coefficient (Wildman–Crippen LogP) is 4.29. The van der Waals surface area contributed by atoms with Gasteiger partial charge in [0.15, 0.2) is 0 Å². The molecule has 0 aromatic heterocycles. The van der Waals surface area contributed by atoms with E-state index in [4.69, 9.17) is 5.84 Å². The van der Waals surface area contributed by atoms with Gasteiger partial charge in [-0.3, -0.25) is 11.3 Å². The summed E-state index contributed by atoms with van der Waals surface area (Å²) in [5, 5.41) is 0. The Kier molecular flexibility index (Phi) is 4.99. The fraction of sp³-hybridized carbons (Fsp3) is 0.294. The lowest BCUT2D eigenvalue weighted by Crippen LogP contribution is -2.30. The molecular weight excluding hydrogens is 439 g/mol. The van der Waals surface area contributed by atoms with E-state index in [-0.39, 0.29) is 6.04 Å². The molecule has 0 radical (unpaired) electrons. The van der Waals surface area contributed by atoms with Crippen LogP contribution in [0.2, 0.25) is 0 Å². The van der Waals surface area contributed by atoms with Gasteiger partial charge in [-0.05, 0) is 88.7 Å². The van der Waals surface area contributed by atoms with Crippen molar-refractivity contribution in [2.24, 2.45) is 5.84 Å². The molecule has 1 atom stereocenters. The minimum absolute atomic E-state index is 0.119. The first-order chi connectivity index (χ1) is 10.2. The van der Waals surface area contributed by atoms with Gasteiger partial charge in [-0.2, -0.15) is 0 Å². The monoisotopic (exact) mass is 456 g/mol. The second-order valence-corrected chi connectivity index (χ2v) is 7.65. The second kappa shape index (κ2) is 6.77. The summed E-state index contributed by atoms with van der Waals surface area (Å²) >= 11 is 5.97. The number of nitrogens with two attached hydrogens (primary N) is 1. The van der Waals surface area contributed by atoms with E-state index in [0.717, 1.165) is 10.9 Å². The fourth-order valence-electron chi connectivity index (χ4n) is 3.03. The summed E-state index contributed by atoms with van der Waals surface area (Å²) in [7, 11) is 0. The van der Waals surface area contributed by atoms with Crippen molar-refractivity contribution in [2.45, 2.75) is 31.7 Å². The number of rotatable bonds is 4. The zero-order chi connectivity index (χ0) is 14.8. The van der Waals surface area contributed by atoms with Crippen LogP contribution in [-0.2, 0) is 19.3 Å². The molecule has 0 spiro atoms. The molecule has 4 heteroatoms. The van der Waals surface area contributed by atoms with Gasteiger partial charge < -0.3 is 0 Å². The molecule has 0 saturated carbocycles. The van der Waals surface area contributed by atoms with Crippen molar-refractivity contribution in [3.63, 3.8) is 0 Å². The van der Waals surface area contributed by atoms with Crippen LogP contribution in [-0.4, -0.2) is 0 Å². The zero-order valence-electron chi connectivity index (χ0n) is 11.7. The molecule has 1 unspecified atom stereocenters. The average molecular weight is 457 g/mol. The Morgan fingerprint density at radius 1 is 1.14 bits per heavy atom. The molecule has 0 bridgehead atoms. The molecule has 0 saturated heterocycles. The Hall–Kier alpha value is -0.430. The fourth-order valence-corrected chi connectivity index (χ4v) is 4.07. The molecule has 2 aromatic carbocycles. The van der Waals surface area contributed by atoms with Crippen LogP contribution in [0.25, 0.3) is 0 Å². The van der Waals surface area contributed by atoms with Crippen LogP contribution < -0.4 is 11.3 Å². The Bertz CT molecular complexity index is 657. The quantitative estimate of drug-likeness (QED) is 0.409. The summed E-state index contributed by atoms with van der Waals surface area (Å²) in [4.78, 5) is 0. The largest absolute Gasteiger partial charge is 0.271 e. The van der Waals surface area contributed by atoms with E-state index in [1.165, 1.54) is 45.1 Å². The molecule has 2 aromatic rings. The van der Waals surface area contributed by atoms with Crippen LogP contribution in [0.1, 0.15) is 34.7 Å². The minimum Gasteiger partial charge on any atom is -0.271 e. The summed E-state index contributed by atoms with van der Waals surface area (Å²) in [6.45, 7) is 0. The average Bonchev–Trinajstić information content (AvgIpc) is 2.95. The molecular formula is C17H18BrIN2. The first-order valence-electron chi connectivity index (χ1n) is 7.19. The van der Waals surface area contributed by atoms with E-state index in [0.29, 0.717) is 0 Å². The van der Waals surface area contributed by atoms with Crippen LogP contribution >= 0.6 is 38.5 Å². The van der Waals surface area contributed by atoms with Crippen molar-refractivity contribution < 1.29 is 0 Å². The summed E-state index contributed by atoms with van der Waals surface area (Å²) in [6.07, 6.45) is 4.65. The lowest BCUT2D eigenvalue weighted by atomic mass is 9.97. The first kappa shape index (κ1) is 15.5. The van der Waals surface area contributed by atoms with E-state index < -0.39 is 0 Å². The summed E-state index contributed by atoms with van der Waals surface area (Å²) in [6, 6.07) is 13.4. The standard InChI is InChI=1S/C17H18BrIN2/c18-16-7-6-14(19)10-15(16)17(21-20)9-11-4-5-12-2-1-3-13(12)8-11/h4-8,10,17,21H,1-3,9,20H2. The molecule has 1 aliphatic rings. The maximum Gasteiger partial charge on any atom is 0.0511 e. The lowest BCUT2D eigenvalue weighted by molar-refractivity contribution is 0.549. The number of halogens is 2. The molecule has 0 amide bonds. The number of hydrazine groups is 1. The van der Waals surface area contributed by atoms with Gasteiger partial charge in [0.1, 0.15) is 0 Å². The predicted molar refractivity (Wildman–Crippen MR) is 99.1 cm³/mol. The van der Waals surface area contributed by atoms with Crippen molar-refractivity contribution in [3.05, 3.63) is 66.7 Å². The van der Waals surface area contributed by atoms with Gasteiger partial charge in [-0.1, -0.05) is 34.1 Å². The van der Waals surface area contributed by atoms with Gasteiger partial charge >= 0.3 is 0 Å². The summed E-state index contributed by atoms with van der Waals surface area (Å²) in [5.74, 6) is 5.81. The molecule has 1 aliphatic carbocycles. The van der Waals surface area contributed by atoms with E-state index >= 15 is 0 Å². The number of aryl methyl sites for hydroxylation is 2. The van der Waals surface area contributed by atoms with Crippen LogP contribution in [0.5, 0.6) is 0 Å². The van der Waals surface area contributed by atoms with Crippen molar-refractivity contribution in [2.75, 3.05) is 0 Å². The van der Waals surface area contributed by atoms with Crippen LogP contribution in [0.4, 0.5) is 0 Å². The number of nitrogens with one attached hydrogen (secondary N) is 1. The molecule has 3 rings (SSSR count). The number of hydrogen-bond acceptors (Lipinski definition) is 2.